The Hall–Kier alpha value is -0.860. The summed E-state index contributed by atoms with van der Waals surface area (Å²) in [5.74, 6) is 0.560. The van der Waals surface area contributed by atoms with E-state index < -0.39 is 0 Å². The second kappa shape index (κ2) is 6.91. The predicted octanol–water partition coefficient (Wildman–Crippen LogP) is 0.921. The van der Waals surface area contributed by atoms with E-state index in [9.17, 15) is 4.79 Å². The first kappa shape index (κ1) is 13.6. The highest BCUT2D eigenvalue weighted by molar-refractivity contribution is 8.01. The molecule has 1 saturated heterocycles. The van der Waals surface area contributed by atoms with Crippen molar-refractivity contribution in [3.05, 3.63) is 0 Å². The molecule has 1 aliphatic rings. The van der Waals surface area contributed by atoms with Crippen LogP contribution in [0.25, 0.3) is 0 Å². The molecular formula is C10H16N4O2S2. The number of rotatable bonds is 5. The minimum absolute atomic E-state index is 0.142. The van der Waals surface area contributed by atoms with Crippen molar-refractivity contribution >= 4 is 34.1 Å². The fraction of sp³-hybridized carbons (Fsp3) is 0.700. The zero-order valence-electron chi connectivity index (χ0n) is 10.2. The van der Waals surface area contributed by atoms with Crippen LogP contribution in [0.1, 0.15) is 6.92 Å². The van der Waals surface area contributed by atoms with Crippen LogP contribution in [-0.2, 0) is 9.53 Å². The summed E-state index contributed by atoms with van der Waals surface area (Å²) in [7, 11) is 0. The summed E-state index contributed by atoms with van der Waals surface area (Å²) >= 11 is 2.92. The zero-order chi connectivity index (χ0) is 12.8. The van der Waals surface area contributed by atoms with Crippen molar-refractivity contribution in [2.45, 2.75) is 11.3 Å². The second-order valence-corrected chi connectivity index (χ2v) is 5.89. The third kappa shape index (κ3) is 3.82. The van der Waals surface area contributed by atoms with Gasteiger partial charge in [-0.1, -0.05) is 23.1 Å². The van der Waals surface area contributed by atoms with Gasteiger partial charge in [0.25, 0.3) is 0 Å². The third-order valence-electron chi connectivity index (χ3n) is 2.42. The molecule has 1 fully saturated rings. The first-order valence-corrected chi connectivity index (χ1v) is 7.65. The van der Waals surface area contributed by atoms with Gasteiger partial charge in [-0.15, -0.1) is 10.2 Å². The molecule has 18 heavy (non-hydrogen) atoms. The maximum absolute atomic E-state index is 11.9. The van der Waals surface area contributed by atoms with Crippen LogP contribution in [0.15, 0.2) is 4.34 Å². The summed E-state index contributed by atoms with van der Waals surface area (Å²) in [5, 5.41) is 11.9. The largest absolute Gasteiger partial charge is 0.378 e. The van der Waals surface area contributed by atoms with Gasteiger partial charge in [-0.25, -0.2) is 0 Å². The Morgan fingerprint density at radius 3 is 3.00 bits per heavy atom. The van der Waals surface area contributed by atoms with Gasteiger partial charge in [0.1, 0.15) is 0 Å². The molecule has 1 N–H and O–H groups in total. The van der Waals surface area contributed by atoms with E-state index in [-0.39, 0.29) is 5.91 Å². The molecule has 1 aromatic rings. The van der Waals surface area contributed by atoms with E-state index >= 15 is 0 Å². The van der Waals surface area contributed by atoms with Crippen LogP contribution < -0.4 is 5.32 Å². The fourth-order valence-corrected chi connectivity index (χ4v) is 3.24. The van der Waals surface area contributed by atoms with Crippen LogP contribution in [0.5, 0.6) is 0 Å². The molecular weight excluding hydrogens is 272 g/mol. The molecule has 0 aromatic carbocycles. The molecule has 0 radical (unpaired) electrons. The molecule has 8 heteroatoms. The topological polar surface area (TPSA) is 67.4 Å². The number of nitrogens with zero attached hydrogens (tertiary/aromatic N) is 3. The summed E-state index contributed by atoms with van der Waals surface area (Å²) in [4.78, 5) is 13.7. The van der Waals surface area contributed by atoms with Gasteiger partial charge in [0.05, 0.1) is 19.0 Å². The number of aromatic nitrogens is 2. The van der Waals surface area contributed by atoms with E-state index in [1.165, 1.54) is 23.1 Å². The number of hydrogen-bond acceptors (Lipinski definition) is 7. The zero-order valence-corrected chi connectivity index (χ0v) is 11.9. The molecule has 1 amide bonds. The summed E-state index contributed by atoms with van der Waals surface area (Å²) in [6, 6.07) is 0. The second-order valence-electron chi connectivity index (χ2n) is 3.69. The normalized spacial score (nSPS) is 15.7. The Kier molecular flexibility index (Phi) is 5.21. The number of nitrogens with one attached hydrogen (secondary N) is 1. The van der Waals surface area contributed by atoms with Crippen LogP contribution in [0.4, 0.5) is 5.13 Å². The first-order valence-electron chi connectivity index (χ1n) is 5.85. The summed E-state index contributed by atoms with van der Waals surface area (Å²) in [5.41, 5.74) is 0. The molecule has 0 atom stereocenters. The average molecular weight is 288 g/mol. The summed E-state index contributed by atoms with van der Waals surface area (Å²) in [6.45, 7) is 5.50. The molecule has 100 valence electrons. The smallest absolute Gasteiger partial charge is 0.233 e. The number of carbonyl (C=O) groups excluding carboxylic acids is 1. The lowest BCUT2D eigenvalue weighted by Gasteiger charge is -2.26. The van der Waals surface area contributed by atoms with Crippen molar-refractivity contribution in [3.63, 3.8) is 0 Å². The predicted molar refractivity (Wildman–Crippen MR) is 72.2 cm³/mol. The van der Waals surface area contributed by atoms with Crippen molar-refractivity contribution < 1.29 is 9.53 Å². The molecule has 0 aliphatic carbocycles. The molecule has 6 nitrogen and oxygen atoms in total. The van der Waals surface area contributed by atoms with E-state index in [0.29, 0.717) is 32.1 Å². The molecule has 0 bridgehead atoms. The average Bonchev–Trinajstić information content (AvgIpc) is 2.85. The highest BCUT2D eigenvalue weighted by Crippen LogP contribution is 2.25. The quantitative estimate of drug-likeness (QED) is 0.813. The highest BCUT2D eigenvalue weighted by atomic mass is 32.2. The number of amides is 1. The third-order valence-corrected chi connectivity index (χ3v) is 4.42. The Bertz CT molecular complexity index is 393. The standard InChI is InChI=1S/C10H16N4O2S2/c1-2-11-9-12-13-10(18-9)17-7-8(15)14-3-5-16-6-4-14/h2-7H2,1H3,(H,11,12). The van der Waals surface area contributed by atoms with Crippen LogP contribution in [0.3, 0.4) is 0 Å². The lowest BCUT2D eigenvalue weighted by molar-refractivity contribution is -0.132. The lowest BCUT2D eigenvalue weighted by atomic mass is 10.4. The first-order chi connectivity index (χ1) is 8.79. The monoisotopic (exact) mass is 288 g/mol. The van der Waals surface area contributed by atoms with Gasteiger partial charge in [0.2, 0.25) is 11.0 Å². The van der Waals surface area contributed by atoms with Crippen molar-refractivity contribution in [2.24, 2.45) is 0 Å². The number of thioether (sulfide) groups is 1. The SMILES string of the molecule is CCNc1nnc(SCC(=O)N2CCOCC2)s1. The molecule has 0 spiro atoms. The molecule has 2 rings (SSSR count). The van der Waals surface area contributed by atoms with Gasteiger partial charge in [0.15, 0.2) is 4.34 Å². The lowest BCUT2D eigenvalue weighted by Crippen LogP contribution is -2.41. The van der Waals surface area contributed by atoms with Crippen LogP contribution in [0, 0.1) is 0 Å². The van der Waals surface area contributed by atoms with E-state index in [1.807, 2.05) is 11.8 Å². The summed E-state index contributed by atoms with van der Waals surface area (Å²) in [6.07, 6.45) is 0. The fourth-order valence-electron chi connectivity index (χ4n) is 1.52. The number of hydrogen-bond donors (Lipinski definition) is 1. The number of ether oxygens (including phenoxy) is 1. The van der Waals surface area contributed by atoms with Gasteiger partial charge in [-0.05, 0) is 6.92 Å². The number of carbonyl (C=O) groups is 1. The maximum atomic E-state index is 11.9. The molecule has 0 unspecified atom stereocenters. The minimum Gasteiger partial charge on any atom is -0.378 e. The van der Waals surface area contributed by atoms with E-state index in [0.717, 1.165) is 16.0 Å². The maximum Gasteiger partial charge on any atom is 0.233 e. The Balaban J connectivity index is 1.77. The van der Waals surface area contributed by atoms with Gasteiger partial charge in [-0.2, -0.15) is 0 Å². The van der Waals surface area contributed by atoms with E-state index in [2.05, 4.69) is 15.5 Å². The Labute approximate surface area is 114 Å². The Morgan fingerprint density at radius 2 is 2.28 bits per heavy atom. The van der Waals surface area contributed by atoms with Crippen LogP contribution in [0.2, 0.25) is 0 Å². The van der Waals surface area contributed by atoms with E-state index in [4.69, 9.17) is 4.74 Å². The number of morpholine rings is 1. The Morgan fingerprint density at radius 1 is 1.50 bits per heavy atom. The molecule has 1 aliphatic heterocycles. The van der Waals surface area contributed by atoms with Crippen molar-refractivity contribution in [1.82, 2.24) is 15.1 Å². The van der Waals surface area contributed by atoms with Crippen molar-refractivity contribution in [2.75, 3.05) is 43.9 Å². The van der Waals surface area contributed by atoms with Gasteiger partial charge >= 0.3 is 0 Å². The van der Waals surface area contributed by atoms with Gasteiger partial charge in [0, 0.05) is 19.6 Å². The summed E-state index contributed by atoms with van der Waals surface area (Å²) < 4.78 is 6.04. The van der Waals surface area contributed by atoms with Crippen molar-refractivity contribution in [3.8, 4) is 0 Å². The number of anilines is 1. The molecule has 0 saturated carbocycles. The van der Waals surface area contributed by atoms with E-state index in [1.54, 1.807) is 0 Å². The van der Waals surface area contributed by atoms with Crippen molar-refractivity contribution in [1.29, 1.82) is 0 Å². The van der Waals surface area contributed by atoms with Gasteiger partial charge in [-0.3, -0.25) is 4.79 Å². The minimum atomic E-state index is 0.142. The highest BCUT2D eigenvalue weighted by Gasteiger charge is 2.17. The molecule has 1 aromatic heterocycles. The molecule has 2 heterocycles. The van der Waals surface area contributed by atoms with Crippen LogP contribution in [-0.4, -0.2) is 59.6 Å². The van der Waals surface area contributed by atoms with Gasteiger partial charge < -0.3 is 15.0 Å². The van der Waals surface area contributed by atoms with Crippen LogP contribution >= 0.6 is 23.1 Å².